The number of carbonyl (C=O) groups excluding carboxylic acids is 1. The number of hydrogen-bond donors (Lipinski definition) is 2. The van der Waals surface area contributed by atoms with Crippen molar-refractivity contribution in [3.63, 3.8) is 0 Å². The van der Waals surface area contributed by atoms with Gasteiger partial charge in [0.2, 0.25) is 5.78 Å². The Balaban J connectivity index is 4.65. The Morgan fingerprint density at radius 2 is 1.36 bits per heavy atom. The monoisotopic (exact) mass is 258 g/mol. The molecular weight excluding hydrogens is 254 g/mol. The molecule has 14 heavy (non-hydrogen) atoms. The average Bonchev–Trinajstić information content (AvgIpc) is 1.97. The first-order chi connectivity index (χ1) is 5.98. The normalized spacial score (nSPS) is 17.7. The van der Waals surface area contributed by atoms with Gasteiger partial charge < -0.3 is 0 Å². The smallest absolute Gasteiger partial charge is 0.288 e. The van der Waals surface area contributed by atoms with E-state index in [-0.39, 0.29) is 0 Å². The van der Waals surface area contributed by atoms with Crippen LogP contribution in [0.3, 0.4) is 0 Å². The molecule has 84 valence electrons. The molecule has 0 amide bonds. The summed E-state index contributed by atoms with van der Waals surface area (Å²) in [5, 5.41) is -5.28. The minimum atomic E-state index is -5.33. The van der Waals surface area contributed by atoms with E-state index in [4.69, 9.17) is 0 Å². The molecule has 0 aliphatic carbocycles. The SMILES string of the molecule is O=C(C(S)C(S)C(F)(F)F)C(F)(F)F. The van der Waals surface area contributed by atoms with Crippen molar-refractivity contribution >= 4 is 31.0 Å². The van der Waals surface area contributed by atoms with Crippen LogP contribution >= 0.6 is 25.3 Å². The Hall–Kier alpha value is -0.0500. The summed E-state index contributed by atoms with van der Waals surface area (Å²) in [5.74, 6) is -2.56. The third-order valence-electron chi connectivity index (χ3n) is 1.18. The van der Waals surface area contributed by atoms with Crippen molar-refractivity contribution in [3.05, 3.63) is 0 Å². The maximum Gasteiger partial charge on any atom is 0.451 e. The van der Waals surface area contributed by atoms with Gasteiger partial charge in [0.1, 0.15) is 5.25 Å². The van der Waals surface area contributed by atoms with Crippen molar-refractivity contribution in [2.24, 2.45) is 0 Å². The molecule has 0 bridgehead atoms. The number of carbonyl (C=O) groups is 1. The number of thiol groups is 2. The lowest BCUT2D eigenvalue weighted by molar-refractivity contribution is -0.175. The van der Waals surface area contributed by atoms with Crippen LogP contribution in [0, 0.1) is 0 Å². The number of ketones is 1. The summed E-state index contributed by atoms with van der Waals surface area (Å²) < 4.78 is 70.4. The van der Waals surface area contributed by atoms with Crippen LogP contribution in [0.1, 0.15) is 0 Å². The first-order valence-electron chi connectivity index (χ1n) is 3.02. The van der Waals surface area contributed by atoms with Gasteiger partial charge >= 0.3 is 12.4 Å². The average molecular weight is 258 g/mol. The fourth-order valence-electron chi connectivity index (χ4n) is 0.490. The van der Waals surface area contributed by atoms with Crippen molar-refractivity contribution in [1.82, 2.24) is 0 Å². The molecule has 0 radical (unpaired) electrons. The van der Waals surface area contributed by atoms with Crippen LogP contribution in [0.5, 0.6) is 0 Å². The van der Waals surface area contributed by atoms with Crippen molar-refractivity contribution in [2.75, 3.05) is 0 Å². The molecule has 0 heterocycles. The molecule has 0 N–H and O–H groups in total. The largest absolute Gasteiger partial charge is 0.451 e. The van der Waals surface area contributed by atoms with Crippen molar-refractivity contribution in [2.45, 2.75) is 22.9 Å². The minimum absolute atomic E-state index is 2.54. The fourth-order valence-corrected chi connectivity index (χ4v) is 0.941. The molecule has 0 saturated carbocycles. The number of hydrogen-bond acceptors (Lipinski definition) is 3. The van der Waals surface area contributed by atoms with E-state index >= 15 is 0 Å². The highest BCUT2D eigenvalue weighted by molar-refractivity contribution is 7.85. The van der Waals surface area contributed by atoms with Crippen LogP contribution in [0.2, 0.25) is 0 Å². The lowest BCUT2D eigenvalue weighted by Crippen LogP contribution is -2.42. The summed E-state index contributed by atoms with van der Waals surface area (Å²) in [6.45, 7) is 0. The van der Waals surface area contributed by atoms with E-state index in [1.165, 1.54) is 0 Å². The van der Waals surface area contributed by atoms with Gasteiger partial charge in [-0.2, -0.15) is 51.6 Å². The zero-order chi connectivity index (χ0) is 11.7. The second-order valence-corrected chi connectivity index (χ2v) is 3.41. The molecule has 0 fully saturated rings. The standard InChI is InChI=1S/C5H4F6OS2/c6-4(7,8)2(12)1(13)3(14)5(9,10)11/h1,3,13-14H. The lowest BCUT2D eigenvalue weighted by atomic mass is 10.2. The first-order valence-corrected chi connectivity index (χ1v) is 4.05. The summed E-state index contributed by atoms with van der Waals surface area (Å²) >= 11 is 5.80. The molecular formula is C5H4F6OS2. The molecule has 0 rings (SSSR count). The van der Waals surface area contributed by atoms with Crippen LogP contribution in [0.25, 0.3) is 0 Å². The van der Waals surface area contributed by atoms with Gasteiger partial charge in [-0.15, -0.1) is 0 Å². The Morgan fingerprint density at radius 3 is 1.57 bits per heavy atom. The third kappa shape index (κ3) is 3.60. The van der Waals surface area contributed by atoms with Gasteiger partial charge in [-0.1, -0.05) is 0 Å². The maximum absolute atomic E-state index is 11.8. The molecule has 0 aromatic heterocycles. The zero-order valence-electron chi connectivity index (χ0n) is 6.23. The van der Waals surface area contributed by atoms with E-state index in [2.05, 4.69) is 25.3 Å². The zero-order valence-corrected chi connectivity index (χ0v) is 8.01. The Morgan fingerprint density at radius 1 is 1.00 bits per heavy atom. The van der Waals surface area contributed by atoms with E-state index in [1.54, 1.807) is 0 Å². The topological polar surface area (TPSA) is 17.1 Å². The van der Waals surface area contributed by atoms with E-state index < -0.39 is 28.6 Å². The van der Waals surface area contributed by atoms with Crippen molar-refractivity contribution in [1.29, 1.82) is 0 Å². The third-order valence-corrected chi connectivity index (χ3v) is 2.54. The highest BCUT2D eigenvalue weighted by atomic mass is 32.1. The van der Waals surface area contributed by atoms with Gasteiger partial charge in [-0.3, -0.25) is 4.79 Å². The van der Waals surface area contributed by atoms with Gasteiger partial charge in [0, 0.05) is 0 Å². The van der Waals surface area contributed by atoms with Crippen LogP contribution in [0.4, 0.5) is 26.3 Å². The summed E-state index contributed by atoms with van der Waals surface area (Å²) in [4.78, 5) is 10.3. The minimum Gasteiger partial charge on any atom is -0.288 e. The molecule has 0 aromatic carbocycles. The Kier molecular flexibility index (Phi) is 4.20. The summed E-state index contributed by atoms with van der Waals surface area (Å²) in [6, 6.07) is 0. The molecule has 2 atom stereocenters. The molecule has 2 unspecified atom stereocenters. The first kappa shape index (κ1) is 13.9. The van der Waals surface area contributed by atoms with Gasteiger partial charge in [0.15, 0.2) is 0 Å². The fraction of sp³-hybridized carbons (Fsp3) is 0.800. The van der Waals surface area contributed by atoms with Gasteiger partial charge in [0.05, 0.1) is 5.25 Å². The lowest BCUT2D eigenvalue weighted by Gasteiger charge is -2.20. The summed E-state index contributed by atoms with van der Waals surface area (Å²) in [5.41, 5.74) is 0. The van der Waals surface area contributed by atoms with Gasteiger partial charge in [0.25, 0.3) is 0 Å². The molecule has 0 aliphatic rings. The number of alkyl halides is 6. The van der Waals surface area contributed by atoms with Crippen molar-refractivity contribution in [3.8, 4) is 0 Å². The molecule has 0 spiro atoms. The van der Waals surface area contributed by atoms with Gasteiger partial charge in [-0.25, -0.2) is 0 Å². The molecule has 0 aliphatic heterocycles. The number of Topliss-reactive ketones (excluding diaryl/α,β-unsaturated/α-hetero) is 1. The highest BCUT2D eigenvalue weighted by Gasteiger charge is 2.51. The van der Waals surface area contributed by atoms with E-state index in [9.17, 15) is 31.1 Å². The van der Waals surface area contributed by atoms with Crippen LogP contribution in [-0.2, 0) is 4.79 Å². The Bertz CT molecular complexity index is 221. The maximum atomic E-state index is 11.8. The predicted octanol–water partition coefficient (Wildman–Crippen LogP) is 2.28. The van der Waals surface area contributed by atoms with E-state index in [1.807, 2.05) is 0 Å². The van der Waals surface area contributed by atoms with Crippen LogP contribution in [0.15, 0.2) is 0 Å². The molecule has 9 heteroatoms. The summed E-state index contributed by atoms with van der Waals surface area (Å²) in [6.07, 6.45) is -10.3. The van der Waals surface area contributed by atoms with Crippen molar-refractivity contribution < 1.29 is 31.1 Å². The Labute approximate surface area is 85.7 Å². The number of halogens is 6. The second kappa shape index (κ2) is 4.21. The molecule has 0 saturated heterocycles. The number of rotatable bonds is 2. The summed E-state index contributed by atoms with van der Waals surface area (Å²) in [7, 11) is 0. The van der Waals surface area contributed by atoms with Crippen LogP contribution in [-0.4, -0.2) is 28.6 Å². The second-order valence-electron chi connectivity index (χ2n) is 2.29. The van der Waals surface area contributed by atoms with E-state index in [0.29, 0.717) is 0 Å². The predicted molar refractivity (Wildman–Crippen MR) is 42.7 cm³/mol. The molecule has 1 nitrogen and oxygen atoms in total. The molecule has 0 aromatic rings. The van der Waals surface area contributed by atoms with Crippen LogP contribution < -0.4 is 0 Å². The highest BCUT2D eigenvalue weighted by Crippen LogP contribution is 2.32. The van der Waals surface area contributed by atoms with E-state index in [0.717, 1.165) is 0 Å². The van der Waals surface area contributed by atoms with Gasteiger partial charge in [-0.05, 0) is 0 Å². The quantitative estimate of drug-likeness (QED) is 0.574.